The minimum Gasteiger partial charge on any atom is -0.465 e. The number of nitrogens with zero attached hydrogens (tertiary/aromatic N) is 2. The van der Waals surface area contributed by atoms with Crippen LogP contribution in [-0.2, 0) is 9.53 Å². The van der Waals surface area contributed by atoms with E-state index in [-0.39, 0.29) is 5.97 Å². The van der Waals surface area contributed by atoms with Crippen LogP contribution in [0.5, 0.6) is 0 Å². The number of carbonyl (C=O) groups is 1. The Hall–Kier alpha value is -0.650. The summed E-state index contributed by atoms with van der Waals surface area (Å²) in [5, 5.41) is 3.12. The van der Waals surface area contributed by atoms with Crippen molar-refractivity contribution in [1.29, 1.82) is 0 Å². The normalized spacial score (nSPS) is 21.4. The van der Waals surface area contributed by atoms with Crippen molar-refractivity contribution in [2.45, 2.75) is 38.3 Å². The number of hydrogen-bond acceptors (Lipinski definition) is 5. The molecule has 0 aromatic carbocycles. The molecule has 1 aliphatic heterocycles. The lowest BCUT2D eigenvalue weighted by Gasteiger charge is -2.39. The highest BCUT2D eigenvalue weighted by Crippen LogP contribution is 2.17. The van der Waals surface area contributed by atoms with Gasteiger partial charge >= 0.3 is 5.97 Å². The van der Waals surface area contributed by atoms with Gasteiger partial charge in [-0.1, -0.05) is 0 Å². The number of likely N-dealkylation sites (N-methyl/N-ethyl adjacent to an activating group) is 2. The third kappa shape index (κ3) is 4.44. The Kier molecular flexibility index (Phi) is 6.23. The first-order valence-corrected chi connectivity index (χ1v) is 7.18. The van der Waals surface area contributed by atoms with Crippen LogP contribution in [0.4, 0.5) is 0 Å². The molecule has 112 valence electrons. The molecule has 1 N–H and O–H groups in total. The van der Waals surface area contributed by atoms with Crippen LogP contribution in [0.25, 0.3) is 0 Å². The molecule has 1 rings (SSSR count). The van der Waals surface area contributed by atoms with Crippen LogP contribution in [0, 0.1) is 0 Å². The van der Waals surface area contributed by atoms with Crippen molar-refractivity contribution in [3.05, 3.63) is 0 Å². The van der Waals surface area contributed by atoms with Gasteiger partial charge in [-0.05, 0) is 60.9 Å². The van der Waals surface area contributed by atoms with Gasteiger partial charge < -0.3 is 19.9 Å². The van der Waals surface area contributed by atoms with E-state index in [9.17, 15) is 4.79 Å². The molecular weight excluding hydrogens is 242 g/mol. The van der Waals surface area contributed by atoms with Crippen LogP contribution in [0.3, 0.4) is 0 Å². The number of likely N-dealkylation sites (tertiary alicyclic amines) is 1. The van der Waals surface area contributed by atoms with Gasteiger partial charge in [-0.2, -0.15) is 0 Å². The Labute approximate surface area is 117 Å². The first-order valence-electron chi connectivity index (χ1n) is 7.18. The lowest BCUT2D eigenvalue weighted by atomic mass is 9.98. The summed E-state index contributed by atoms with van der Waals surface area (Å²) in [7, 11) is 6.08. The molecule has 0 aromatic rings. The van der Waals surface area contributed by atoms with Crippen LogP contribution in [0.1, 0.15) is 26.7 Å². The molecule has 0 aliphatic carbocycles. The van der Waals surface area contributed by atoms with E-state index >= 15 is 0 Å². The minimum absolute atomic E-state index is 0.169. The van der Waals surface area contributed by atoms with E-state index in [0.29, 0.717) is 19.2 Å². The second-order valence-electron chi connectivity index (χ2n) is 5.75. The van der Waals surface area contributed by atoms with Crippen LogP contribution in [-0.4, -0.2) is 74.7 Å². The molecule has 5 heteroatoms. The molecule has 1 aliphatic rings. The summed E-state index contributed by atoms with van der Waals surface area (Å²) in [6.07, 6.45) is 2.32. The van der Waals surface area contributed by atoms with E-state index < -0.39 is 5.54 Å². The number of nitrogens with one attached hydrogen (secondary N) is 1. The van der Waals surface area contributed by atoms with Gasteiger partial charge in [0.15, 0.2) is 0 Å². The highest BCUT2D eigenvalue weighted by atomic mass is 16.5. The van der Waals surface area contributed by atoms with Gasteiger partial charge in [-0.25, -0.2) is 0 Å². The molecule has 1 saturated heterocycles. The van der Waals surface area contributed by atoms with Crippen molar-refractivity contribution in [1.82, 2.24) is 15.1 Å². The second-order valence-corrected chi connectivity index (χ2v) is 5.75. The molecule has 0 spiro atoms. The van der Waals surface area contributed by atoms with Crippen LogP contribution in [0.15, 0.2) is 0 Å². The van der Waals surface area contributed by atoms with Crippen LogP contribution >= 0.6 is 0 Å². The van der Waals surface area contributed by atoms with Gasteiger partial charge in [-0.15, -0.1) is 0 Å². The zero-order chi connectivity index (χ0) is 14.5. The molecule has 0 radical (unpaired) electrons. The molecule has 5 nitrogen and oxygen atoms in total. The monoisotopic (exact) mass is 271 g/mol. The maximum atomic E-state index is 12.0. The summed E-state index contributed by atoms with van der Waals surface area (Å²) in [5.41, 5.74) is -0.631. The predicted molar refractivity (Wildman–Crippen MR) is 77.2 cm³/mol. The van der Waals surface area contributed by atoms with Gasteiger partial charge in [0.1, 0.15) is 5.54 Å². The van der Waals surface area contributed by atoms with E-state index in [0.717, 1.165) is 25.9 Å². The number of esters is 1. The molecular formula is C14H29N3O2. The molecule has 1 heterocycles. The molecule has 0 saturated carbocycles. The quantitative estimate of drug-likeness (QED) is 0.715. The van der Waals surface area contributed by atoms with E-state index in [4.69, 9.17) is 4.74 Å². The van der Waals surface area contributed by atoms with Gasteiger partial charge in [-0.3, -0.25) is 4.79 Å². The largest absolute Gasteiger partial charge is 0.465 e. The summed E-state index contributed by atoms with van der Waals surface area (Å²) in [4.78, 5) is 16.7. The molecule has 0 aromatic heterocycles. The van der Waals surface area contributed by atoms with Gasteiger partial charge in [0, 0.05) is 12.6 Å². The molecule has 1 fully saturated rings. The Morgan fingerprint density at radius 1 is 1.47 bits per heavy atom. The third-order valence-corrected chi connectivity index (χ3v) is 4.15. The van der Waals surface area contributed by atoms with Crippen molar-refractivity contribution in [2.75, 3.05) is 47.4 Å². The Bertz CT molecular complexity index is 290. The molecule has 19 heavy (non-hydrogen) atoms. The number of ether oxygens (including phenoxy) is 1. The first kappa shape index (κ1) is 16.4. The number of piperidine rings is 1. The van der Waals surface area contributed by atoms with Crippen molar-refractivity contribution >= 4 is 5.97 Å². The van der Waals surface area contributed by atoms with Crippen LogP contribution < -0.4 is 5.32 Å². The smallest absolute Gasteiger partial charge is 0.327 e. The SMILES string of the molecule is CCOC(=O)C(C)(CN(C)C1CCN(C)CC1)NC. The molecule has 0 bridgehead atoms. The predicted octanol–water partition coefficient (Wildman–Crippen LogP) is 0.554. The minimum atomic E-state index is -0.631. The fourth-order valence-electron chi connectivity index (χ4n) is 2.60. The highest BCUT2D eigenvalue weighted by Gasteiger charge is 2.36. The van der Waals surface area contributed by atoms with Gasteiger partial charge in [0.25, 0.3) is 0 Å². The zero-order valence-corrected chi connectivity index (χ0v) is 13.0. The van der Waals surface area contributed by atoms with E-state index in [1.807, 2.05) is 20.9 Å². The molecule has 1 atom stereocenters. The Morgan fingerprint density at radius 3 is 2.53 bits per heavy atom. The first-order chi connectivity index (χ1) is 8.92. The van der Waals surface area contributed by atoms with Gasteiger partial charge in [0.2, 0.25) is 0 Å². The van der Waals surface area contributed by atoms with Crippen molar-refractivity contribution in [3.8, 4) is 0 Å². The summed E-state index contributed by atoms with van der Waals surface area (Å²) in [6.45, 7) is 7.12. The number of carbonyl (C=O) groups excluding carboxylic acids is 1. The summed E-state index contributed by atoms with van der Waals surface area (Å²) in [5.74, 6) is -0.169. The van der Waals surface area contributed by atoms with E-state index in [2.05, 4.69) is 29.2 Å². The standard InChI is InChI=1S/C14H29N3O2/c1-6-19-13(18)14(2,15-3)11-17(5)12-7-9-16(4)10-8-12/h12,15H,6-11H2,1-5H3. The lowest BCUT2D eigenvalue weighted by molar-refractivity contribution is -0.151. The van der Waals surface area contributed by atoms with Gasteiger partial charge in [0.05, 0.1) is 6.61 Å². The fourth-order valence-corrected chi connectivity index (χ4v) is 2.60. The summed E-state index contributed by atoms with van der Waals surface area (Å²) >= 11 is 0. The summed E-state index contributed by atoms with van der Waals surface area (Å²) < 4.78 is 5.17. The lowest BCUT2D eigenvalue weighted by Crippen LogP contribution is -2.58. The molecule has 0 amide bonds. The maximum absolute atomic E-state index is 12.0. The zero-order valence-electron chi connectivity index (χ0n) is 13.0. The highest BCUT2D eigenvalue weighted by molar-refractivity contribution is 5.80. The maximum Gasteiger partial charge on any atom is 0.327 e. The average Bonchev–Trinajstić information content (AvgIpc) is 2.39. The summed E-state index contributed by atoms with van der Waals surface area (Å²) in [6, 6.07) is 0.554. The van der Waals surface area contributed by atoms with Crippen molar-refractivity contribution in [2.24, 2.45) is 0 Å². The topological polar surface area (TPSA) is 44.8 Å². The van der Waals surface area contributed by atoms with Crippen molar-refractivity contribution in [3.63, 3.8) is 0 Å². The third-order valence-electron chi connectivity index (χ3n) is 4.15. The van der Waals surface area contributed by atoms with E-state index in [1.165, 1.54) is 0 Å². The Balaban J connectivity index is 2.57. The second kappa shape index (κ2) is 7.22. The number of rotatable bonds is 6. The average molecular weight is 271 g/mol. The Morgan fingerprint density at radius 2 is 2.05 bits per heavy atom. The molecule has 1 unspecified atom stereocenters. The number of hydrogen-bond donors (Lipinski definition) is 1. The van der Waals surface area contributed by atoms with E-state index in [1.54, 1.807) is 0 Å². The van der Waals surface area contributed by atoms with Crippen LogP contribution in [0.2, 0.25) is 0 Å². The fraction of sp³-hybridized carbons (Fsp3) is 0.929. The van der Waals surface area contributed by atoms with Crippen molar-refractivity contribution < 1.29 is 9.53 Å².